The van der Waals surface area contributed by atoms with Crippen LogP contribution in [0.2, 0.25) is 0 Å². The molecular weight excluding hydrogens is 344 g/mol. The highest BCUT2D eigenvalue weighted by Crippen LogP contribution is 2.27. The summed E-state index contributed by atoms with van der Waals surface area (Å²) in [7, 11) is -3.57. The molecule has 5 nitrogen and oxygen atoms in total. The van der Waals surface area contributed by atoms with E-state index >= 15 is 0 Å². The molecule has 2 rings (SSSR count). The maximum atomic E-state index is 12.4. The van der Waals surface area contributed by atoms with E-state index in [2.05, 4.69) is 26.0 Å². The van der Waals surface area contributed by atoms with E-state index in [9.17, 15) is 8.42 Å². The minimum Gasteiger partial charge on any atom is -0.492 e. The van der Waals surface area contributed by atoms with Crippen LogP contribution in [0.25, 0.3) is 0 Å². The Bertz CT molecular complexity index is 557. The van der Waals surface area contributed by atoms with E-state index < -0.39 is 10.0 Å². The molecule has 1 aliphatic heterocycles. The molecule has 2 N–H and O–H groups in total. The van der Waals surface area contributed by atoms with E-state index in [1.807, 2.05) is 6.92 Å². The highest BCUT2D eigenvalue weighted by atomic mass is 79.9. The number of rotatable bonds is 6. The average molecular weight is 363 g/mol. The number of hydrogen-bond acceptors (Lipinski definition) is 4. The van der Waals surface area contributed by atoms with E-state index in [4.69, 9.17) is 4.74 Å². The lowest BCUT2D eigenvalue weighted by Gasteiger charge is -2.14. The fourth-order valence-corrected chi connectivity index (χ4v) is 3.95. The normalized spacial score (nSPS) is 19.2. The number of sulfonamides is 1. The lowest BCUT2D eigenvalue weighted by molar-refractivity contribution is 0.331. The molecule has 20 heavy (non-hydrogen) atoms. The first-order valence-electron chi connectivity index (χ1n) is 6.68. The molecule has 0 aliphatic carbocycles. The van der Waals surface area contributed by atoms with Gasteiger partial charge in [0.15, 0.2) is 0 Å². The van der Waals surface area contributed by atoms with Crippen LogP contribution >= 0.6 is 15.9 Å². The van der Waals surface area contributed by atoms with Gasteiger partial charge in [-0.1, -0.05) is 15.9 Å². The predicted molar refractivity (Wildman–Crippen MR) is 81.5 cm³/mol. The van der Waals surface area contributed by atoms with Crippen LogP contribution in [0.4, 0.5) is 0 Å². The van der Waals surface area contributed by atoms with Gasteiger partial charge in [0.2, 0.25) is 10.0 Å². The van der Waals surface area contributed by atoms with Gasteiger partial charge in [-0.05, 0) is 44.5 Å². The van der Waals surface area contributed by atoms with Crippen molar-refractivity contribution < 1.29 is 13.2 Å². The molecule has 1 unspecified atom stereocenters. The zero-order valence-corrected chi connectivity index (χ0v) is 13.8. The van der Waals surface area contributed by atoms with Gasteiger partial charge < -0.3 is 10.1 Å². The summed E-state index contributed by atoms with van der Waals surface area (Å²) in [5.74, 6) is 0.377. The van der Waals surface area contributed by atoms with Crippen molar-refractivity contribution >= 4 is 26.0 Å². The smallest absolute Gasteiger partial charge is 0.244 e. The Balaban J connectivity index is 2.16. The van der Waals surface area contributed by atoms with Gasteiger partial charge in [0.1, 0.15) is 10.6 Å². The molecule has 1 atom stereocenters. The second-order valence-electron chi connectivity index (χ2n) is 4.67. The Hall–Kier alpha value is -0.630. The molecule has 0 amide bonds. The van der Waals surface area contributed by atoms with Crippen LogP contribution in [0.5, 0.6) is 5.75 Å². The standard InChI is InChI=1S/C13H19BrN2O3S/c1-2-19-12-6-5-10(14)8-13(12)20(17,18)16-9-11-4-3-7-15-11/h5-6,8,11,15-16H,2-4,7,9H2,1H3. The summed E-state index contributed by atoms with van der Waals surface area (Å²) < 4.78 is 33.5. The van der Waals surface area contributed by atoms with Crippen molar-refractivity contribution in [2.45, 2.75) is 30.7 Å². The molecule has 1 aliphatic rings. The molecule has 0 aromatic heterocycles. The maximum absolute atomic E-state index is 12.4. The van der Waals surface area contributed by atoms with Gasteiger partial charge in [-0.3, -0.25) is 0 Å². The van der Waals surface area contributed by atoms with Gasteiger partial charge in [-0.2, -0.15) is 0 Å². The molecule has 0 saturated carbocycles. The highest BCUT2D eigenvalue weighted by Gasteiger charge is 2.22. The van der Waals surface area contributed by atoms with Gasteiger partial charge in [0.05, 0.1) is 6.61 Å². The summed E-state index contributed by atoms with van der Waals surface area (Å²) in [4.78, 5) is 0.173. The third-order valence-corrected chi connectivity index (χ3v) is 5.12. The molecule has 0 bridgehead atoms. The van der Waals surface area contributed by atoms with E-state index in [1.54, 1.807) is 18.2 Å². The summed E-state index contributed by atoms with van der Waals surface area (Å²) >= 11 is 3.30. The largest absolute Gasteiger partial charge is 0.492 e. The van der Waals surface area contributed by atoms with Crippen LogP contribution in [0.1, 0.15) is 19.8 Å². The number of nitrogens with one attached hydrogen (secondary N) is 2. The minimum atomic E-state index is -3.57. The molecular formula is C13H19BrN2O3S. The number of ether oxygens (including phenoxy) is 1. The van der Waals surface area contributed by atoms with Gasteiger partial charge in [0, 0.05) is 17.1 Å². The van der Waals surface area contributed by atoms with Gasteiger partial charge >= 0.3 is 0 Å². The Morgan fingerprint density at radius 1 is 1.50 bits per heavy atom. The number of benzene rings is 1. The van der Waals surface area contributed by atoms with E-state index in [1.165, 1.54) is 0 Å². The third-order valence-electron chi connectivity index (χ3n) is 3.18. The lowest BCUT2D eigenvalue weighted by Crippen LogP contribution is -2.37. The molecule has 1 fully saturated rings. The molecule has 7 heteroatoms. The third kappa shape index (κ3) is 3.94. The van der Waals surface area contributed by atoms with Gasteiger partial charge in [-0.25, -0.2) is 13.1 Å². The summed E-state index contributed by atoms with van der Waals surface area (Å²) in [5.41, 5.74) is 0. The van der Waals surface area contributed by atoms with Gasteiger partial charge in [0.25, 0.3) is 0 Å². The van der Waals surface area contributed by atoms with Crippen molar-refractivity contribution in [2.75, 3.05) is 19.7 Å². The Labute approximate surface area is 128 Å². The van der Waals surface area contributed by atoms with Crippen LogP contribution < -0.4 is 14.8 Å². The zero-order chi connectivity index (χ0) is 14.6. The summed E-state index contributed by atoms with van der Waals surface area (Å²) in [6, 6.07) is 5.21. The molecule has 1 aromatic carbocycles. The quantitative estimate of drug-likeness (QED) is 0.810. The topological polar surface area (TPSA) is 67.4 Å². The second-order valence-corrected chi connectivity index (χ2v) is 7.32. The molecule has 1 saturated heterocycles. The zero-order valence-electron chi connectivity index (χ0n) is 11.4. The Morgan fingerprint density at radius 2 is 2.30 bits per heavy atom. The van der Waals surface area contributed by atoms with Crippen molar-refractivity contribution in [3.05, 3.63) is 22.7 Å². The van der Waals surface area contributed by atoms with Crippen molar-refractivity contribution in [1.82, 2.24) is 10.0 Å². The van der Waals surface area contributed by atoms with Crippen LogP contribution in [0.3, 0.4) is 0 Å². The molecule has 0 spiro atoms. The first kappa shape index (κ1) is 15.8. The molecule has 0 radical (unpaired) electrons. The second kappa shape index (κ2) is 6.89. The highest BCUT2D eigenvalue weighted by molar-refractivity contribution is 9.10. The first-order valence-corrected chi connectivity index (χ1v) is 8.96. The summed E-state index contributed by atoms with van der Waals surface area (Å²) in [6.07, 6.45) is 2.09. The monoisotopic (exact) mass is 362 g/mol. The SMILES string of the molecule is CCOc1ccc(Br)cc1S(=O)(=O)NCC1CCCN1. The Kier molecular flexibility index (Phi) is 5.42. The van der Waals surface area contributed by atoms with Crippen LogP contribution in [0.15, 0.2) is 27.6 Å². The van der Waals surface area contributed by atoms with Gasteiger partial charge in [-0.15, -0.1) is 0 Å². The summed E-state index contributed by atoms with van der Waals surface area (Å²) in [5, 5.41) is 3.26. The Morgan fingerprint density at radius 3 is 2.95 bits per heavy atom. The minimum absolute atomic E-state index is 0.173. The number of hydrogen-bond donors (Lipinski definition) is 2. The lowest BCUT2D eigenvalue weighted by atomic mass is 10.2. The maximum Gasteiger partial charge on any atom is 0.244 e. The van der Waals surface area contributed by atoms with Crippen molar-refractivity contribution in [2.24, 2.45) is 0 Å². The van der Waals surface area contributed by atoms with E-state index in [-0.39, 0.29) is 10.9 Å². The fourth-order valence-electron chi connectivity index (χ4n) is 2.19. The fraction of sp³-hybridized carbons (Fsp3) is 0.538. The molecule has 1 heterocycles. The predicted octanol–water partition coefficient (Wildman–Crippen LogP) is 1.88. The van der Waals surface area contributed by atoms with Crippen LogP contribution in [-0.4, -0.2) is 34.2 Å². The van der Waals surface area contributed by atoms with E-state index in [0.717, 1.165) is 19.4 Å². The molecule has 1 aromatic rings. The first-order chi connectivity index (χ1) is 9.53. The van der Waals surface area contributed by atoms with E-state index in [0.29, 0.717) is 23.4 Å². The van der Waals surface area contributed by atoms with Crippen molar-refractivity contribution in [3.63, 3.8) is 0 Å². The molecule has 112 valence electrons. The van der Waals surface area contributed by atoms with Crippen LogP contribution in [-0.2, 0) is 10.0 Å². The van der Waals surface area contributed by atoms with Crippen molar-refractivity contribution in [3.8, 4) is 5.75 Å². The summed E-state index contributed by atoms with van der Waals surface area (Å²) in [6.45, 7) is 3.61. The van der Waals surface area contributed by atoms with Crippen LogP contribution in [0, 0.1) is 0 Å². The number of halogens is 1. The average Bonchev–Trinajstić information content (AvgIpc) is 2.92. The van der Waals surface area contributed by atoms with Crippen molar-refractivity contribution in [1.29, 1.82) is 0 Å².